The van der Waals surface area contributed by atoms with E-state index in [0.29, 0.717) is 19.6 Å². The zero-order valence-corrected chi connectivity index (χ0v) is 13.7. The second-order valence-corrected chi connectivity index (χ2v) is 6.47. The van der Waals surface area contributed by atoms with Crippen molar-refractivity contribution in [3.05, 3.63) is 0 Å². The summed E-state index contributed by atoms with van der Waals surface area (Å²) >= 11 is 0. The van der Waals surface area contributed by atoms with E-state index < -0.39 is 5.60 Å². The first kappa shape index (κ1) is 17.8. The van der Waals surface area contributed by atoms with E-state index in [0.717, 1.165) is 25.8 Å². The van der Waals surface area contributed by atoms with Crippen molar-refractivity contribution in [1.29, 1.82) is 0 Å². The number of carbonyl (C=O) groups excluding carboxylic acids is 2. The molecule has 0 aromatic heterocycles. The summed E-state index contributed by atoms with van der Waals surface area (Å²) in [6.45, 7) is 10.0. The molecule has 1 heterocycles. The molecule has 0 aromatic rings. The molecule has 0 bridgehead atoms. The van der Waals surface area contributed by atoms with Crippen molar-refractivity contribution in [2.45, 2.75) is 58.6 Å². The van der Waals surface area contributed by atoms with Crippen LogP contribution in [-0.2, 0) is 9.53 Å². The lowest BCUT2D eigenvalue weighted by atomic mass is 10.1. The van der Waals surface area contributed by atoms with Gasteiger partial charge in [0.05, 0.1) is 6.54 Å². The van der Waals surface area contributed by atoms with E-state index in [1.165, 1.54) is 0 Å². The molecule has 1 aliphatic heterocycles. The number of nitrogens with one attached hydrogen (secondary N) is 2. The van der Waals surface area contributed by atoms with E-state index in [4.69, 9.17) is 4.74 Å². The van der Waals surface area contributed by atoms with Crippen LogP contribution in [0.4, 0.5) is 4.79 Å². The normalized spacial score (nSPS) is 16.7. The predicted octanol–water partition coefficient (Wildman–Crippen LogP) is 1.50. The molecule has 1 rings (SSSR count). The van der Waals surface area contributed by atoms with Crippen molar-refractivity contribution in [1.82, 2.24) is 15.5 Å². The molecule has 1 aliphatic rings. The summed E-state index contributed by atoms with van der Waals surface area (Å²) in [5.41, 5.74) is -0.455. The summed E-state index contributed by atoms with van der Waals surface area (Å²) in [5, 5.41) is 6.09. The quantitative estimate of drug-likeness (QED) is 0.807. The summed E-state index contributed by atoms with van der Waals surface area (Å²) in [6.07, 6.45) is 2.39. The Labute approximate surface area is 127 Å². The molecular formula is C15H29N3O3. The maximum Gasteiger partial charge on any atom is 0.410 e. The SMILES string of the molecule is CCCNC(=O)CNC1CCN(C(=O)OC(C)(C)C)CC1. The van der Waals surface area contributed by atoms with Crippen LogP contribution in [0, 0.1) is 0 Å². The highest BCUT2D eigenvalue weighted by molar-refractivity contribution is 5.77. The molecule has 21 heavy (non-hydrogen) atoms. The highest BCUT2D eigenvalue weighted by Gasteiger charge is 2.26. The summed E-state index contributed by atoms with van der Waals surface area (Å²) in [6, 6.07) is 0.288. The standard InChI is InChI=1S/C15H29N3O3/c1-5-8-16-13(19)11-17-12-6-9-18(10-7-12)14(20)21-15(2,3)4/h12,17H,5-11H2,1-4H3,(H,16,19). The molecule has 122 valence electrons. The Bertz CT molecular complexity index is 345. The first-order valence-electron chi connectivity index (χ1n) is 7.80. The van der Waals surface area contributed by atoms with Crippen LogP contribution in [0.15, 0.2) is 0 Å². The van der Waals surface area contributed by atoms with Crippen LogP contribution in [0.25, 0.3) is 0 Å². The van der Waals surface area contributed by atoms with E-state index >= 15 is 0 Å². The number of rotatable bonds is 5. The van der Waals surface area contributed by atoms with Crippen LogP contribution in [0.5, 0.6) is 0 Å². The first-order chi connectivity index (χ1) is 9.81. The first-order valence-corrected chi connectivity index (χ1v) is 7.80. The molecule has 2 amide bonds. The summed E-state index contributed by atoms with van der Waals surface area (Å²) < 4.78 is 5.36. The van der Waals surface area contributed by atoms with Gasteiger partial charge in [0.15, 0.2) is 0 Å². The van der Waals surface area contributed by atoms with Crippen molar-refractivity contribution in [2.75, 3.05) is 26.2 Å². The van der Waals surface area contributed by atoms with Gasteiger partial charge in [-0.3, -0.25) is 4.79 Å². The zero-order valence-electron chi connectivity index (χ0n) is 13.7. The van der Waals surface area contributed by atoms with Gasteiger partial charge in [-0.15, -0.1) is 0 Å². The average molecular weight is 299 g/mol. The fourth-order valence-electron chi connectivity index (χ4n) is 2.16. The highest BCUT2D eigenvalue weighted by atomic mass is 16.6. The smallest absolute Gasteiger partial charge is 0.410 e. The number of carbonyl (C=O) groups is 2. The molecule has 6 heteroatoms. The van der Waals surface area contributed by atoms with Crippen molar-refractivity contribution < 1.29 is 14.3 Å². The van der Waals surface area contributed by atoms with E-state index in [-0.39, 0.29) is 18.0 Å². The van der Waals surface area contributed by atoms with Crippen molar-refractivity contribution >= 4 is 12.0 Å². The van der Waals surface area contributed by atoms with Crippen molar-refractivity contribution in [2.24, 2.45) is 0 Å². The minimum atomic E-state index is -0.455. The molecule has 0 aromatic carbocycles. The third-order valence-electron chi connectivity index (χ3n) is 3.27. The Hall–Kier alpha value is -1.30. The molecule has 2 N–H and O–H groups in total. The van der Waals surface area contributed by atoms with Crippen molar-refractivity contribution in [3.8, 4) is 0 Å². The van der Waals surface area contributed by atoms with Gasteiger partial charge >= 0.3 is 6.09 Å². The molecular weight excluding hydrogens is 270 g/mol. The van der Waals surface area contributed by atoms with Crippen LogP contribution >= 0.6 is 0 Å². The van der Waals surface area contributed by atoms with Crippen LogP contribution in [0.1, 0.15) is 47.0 Å². The Morgan fingerprint density at radius 3 is 2.38 bits per heavy atom. The lowest BCUT2D eigenvalue weighted by Crippen LogP contribution is -2.48. The molecule has 0 saturated carbocycles. The van der Waals surface area contributed by atoms with Gasteiger partial charge in [-0.1, -0.05) is 6.92 Å². The molecule has 0 aliphatic carbocycles. The maximum atomic E-state index is 11.9. The lowest BCUT2D eigenvalue weighted by molar-refractivity contribution is -0.120. The third kappa shape index (κ3) is 7.32. The molecule has 6 nitrogen and oxygen atoms in total. The molecule has 0 unspecified atom stereocenters. The molecule has 0 atom stereocenters. The number of piperidine rings is 1. The highest BCUT2D eigenvalue weighted by Crippen LogP contribution is 2.15. The lowest BCUT2D eigenvalue weighted by Gasteiger charge is -2.33. The van der Waals surface area contributed by atoms with Crippen LogP contribution < -0.4 is 10.6 Å². The topological polar surface area (TPSA) is 70.7 Å². The third-order valence-corrected chi connectivity index (χ3v) is 3.27. The Morgan fingerprint density at radius 1 is 1.24 bits per heavy atom. The average Bonchev–Trinajstić information content (AvgIpc) is 2.41. The zero-order chi connectivity index (χ0) is 15.9. The van der Waals surface area contributed by atoms with Gasteiger partial charge in [0.1, 0.15) is 5.60 Å². The predicted molar refractivity (Wildman–Crippen MR) is 82.1 cm³/mol. The van der Waals surface area contributed by atoms with Crippen LogP contribution in [-0.4, -0.2) is 54.7 Å². The fraction of sp³-hybridized carbons (Fsp3) is 0.867. The second-order valence-electron chi connectivity index (χ2n) is 6.47. The van der Waals surface area contributed by atoms with Crippen LogP contribution in [0.3, 0.4) is 0 Å². The summed E-state index contributed by atoms with van der Waals surface area (Å²) in [4.78, 5) is 25.2. The number of likely N-dealkylation sites (tertiary alicyclic amines) is 1. The largest absolute Gasteiger partial charge is 0.444 e. The van der Waals surface area contributed by atoms with Gasteiger partial charge < -0.3 is 20.3 Å². The molecule has 0 radical (unpaired) electrons. The van der Waals surface area contributed by atoms with Gasteiger partial charge in [0, 0.05) is 25.7 Å². The van der Waals surface area contributed by atoms with E-state index in [1.54, 1.807) is 4.90 Å². The molecule has 0 spiro atoms. The number of hydrogen-bond donors (Lipinski definition) is 2. The van der Waals surface area contributed by atoms with Gasteiger partial charge in [-0.2, -0.15) is 0 Å². The number of hydrogen-bond acceptors (Lipinski definition) is 4. The van der Waals surface area contributed by atoms with E-state index in [1.807, 2.05) is 27.7 Å². The van der Waals surface area contributed by atoms with E-state index in [9.17, 15) is 9.59 Å². The van der Waals surface area contributed by atoms with Gasteiger partial charge in [0.25, 0.3) is 0 Å². The maximum absolute atomic E-state index is 11.9. The summed E-state index contributed by atoms with van der Waals surface area (Å²) in [7, 11) is 0. The summed E-state index contributed by atoms with van der Waals surface area (Å²) in [5.74, 6) is 0.0337. The molecule has 1 fully saturated rings. The van der Waals surface area contributed by atoms with Gasteiger partial charge in [-0.05, 0) is 40.0 Å². The minimum absolute atomic E-state index is 0.0337. The van der Waals surface area contributed by atoms with E-state index in [2.05, 4.69) is 10.6 Å². The second kappa shape index (κ2) is 8.22. The Balaban J connectivity index is 2.23. The Morgan fingerprint density at radius 2 is 1.86 bits per heavy atom. The van der Waals surface area contributed by atoms with Gasteiger partial charge in [-0.25, -0.2) is 4.79 Å². The fourth-order valence-corrected chi connectivity index (χ4v) is 2.16. The van der Waals surface area contributed by atoms with Gasteiger partial charge in [0.2, 0.25) is 5.91 Å². The number of ether oxygens (including phenoxy) is 1. The number of nitrogens with zero attached hydrogens (tertiary/aromatic N) is 1. The van der Waals surface area contributed by atoms with Crippen LogP contribution in [0.2, 0.25) is 0 Å². The monoisotopic (exact) mass is 299 g/mol. The number of amides is 2. The Kier molecular flexibility index (Phi) is 6.95. The molecule has 1 saturated heterocycles. The van der Waals surface area contributed by atoms with Crippen molar-refractivity contribution in [3.63, 3.8) is 0 Å². The minimum Gasteiger partial charge on any atom is -0.444 e.